The largest absolute Gasteiger partial charge is 0.501 e. The van der Waals surface area contributed by atoms with Crippen molar-refractivity contribution in [3.8, 4) is 5.75 Å². The molecule has 27 heavy (non-hydrogen) atoms. The van der Waals surface area contributed by atoms with E-state index < -0.39 is 22.3 Å². The second kappa shape index (κ2) is 7.89. The van der Waals surface area contributed by atoms with Crippen LogP contribution < -0.4 is 5.32 Å². The van der Waals surface area contributed by atoms with Crippen molar-refractivity contribution in [3.63, 3.8) is 0 Å². The zero-order chi connectivity index (χ0) is 19.7. The number of benzene rings is 2. The molecule has 11 heteroatoms. The molecule has 0 aromatic heterocycles. The van der Waals surface area contributed by atoms with Crippen LogP contribution in [0.15, 0.2) is 44.7 Å². The molecule has 0 saturated carbocycles. The SMILES string of the molecule is O=C1NC(=Nc2cccc(Cl)c2Cl)S/C1=C\c1cc(Br)c(O)c([N+](=O)[O-])c1. The third kappa shape index (κ3) is 4.27. The summed E-state index contributed by atoms with van der Waals surface area (Å²) in [5, 5.41) is 24.2. The first kappa shape index (κ1) is 19.7. The number of thioether (sulfide) groups is 1. The van der Waals surface area contributed by atoms with Gasteiger partial charge in [0.25, 0.3) is 5.91 Å². The number of halogens is 3. The summed E-state index contributed by atoms with van der Waals surface area (Å²) >= 11 is 16.1. The van der Waals surface area contributed by atoms with Gasteiger partial charge in [0.15, 0.2) is 5.17 Å². The quantitative estimate of drug-likeness (QED) is 0.348. The summed E-state index contributed by atoms with van der Waals surface area (Å²) in [6, 6.07) is 7.58. The number of aromatic hydroxyl groups is 1. The summed E-state index contributed by atoms with van der Waals surface area (Å²) in [6.45, 7) is 0. The molecule has 0 unspecified atom stereocenters. The van der Waals surface area contributed by atoms with E-state index in [4.69, 9.17) is 23.2 Å². The van der Waals surface area contributed by atoms with E-state index in [1.54, 1.807) is 18.2 Å². The van der Waals surface area contributed by atoms with Crippen LogP contribution in [-0.2, 0) is 4.79 Å². The van der Waals surface area contributed by atoms with Gasteiger partial charge in [-0.3, -0.25) is 14.9 Å². The number of aliphatic imine (C=N–C) groups is 1. The fourth-order valence-electron chi connectivity index (χ4n) is 2.15. The lowest BCUT2D eigenvalue weighted by molar-refractivity contribution is -0.386. The predicted octanol–water partition coefficient (Wildman–Crippen LogP) is 5.26. The molecule has 0 atom stereocenters. The van der Waals surface area contributed by atoms with E-state index >= 15 is 0 Å². The normalized spacial score (nSPS) is 16.8. The fraction of sp³-hybridized carbons (Fsp3) is 0. The molecule has 138 valence electrons. The van der Waals surface area contributed by atoms with Crippen LogP contribution >= 0.6 is 50.9 Å². The third-order valence-electron chi connectivity index (χ3n) is 3.36. The minimum Gasteiger partial charge on any atom is -0.501 e. The third-order valence-corrected chi connectivity index (χ3v) is 5.69. The van der Waals surface area contributed by atoms with E-state index in [1.807, 2.05) is 0 Å². The molecule has 1 aliphatic heterocycles. The zero-order valence-electron chi connectivity index (χ0n) is 13.1. The van der Waals surface area contributed by atoms with Gasteiger partial charge in [-0.25, -0.2) is 4.99 Å². The molecule has 1 heterocycles. The Labute approximate surface area is 175 Å². The van der Waals surface area contributed by atoms with Crippen LogP contribution in [0, 0.1) is 10.1 Å². The zero-order valence-corrected chi connectivity index (χ0v) is 17.0. The van der Waals surface area contributed by atoms with Gasteiger partial charge >= 0.3 is 5.69 Å². The first-order valence-electron chi connectivity index (χ1n) is 7.16. The number of amides is 1. The predicted molar refractivity (Wildman–Crippen MR) is 110 cm³/mol. The lowest BCUT2D eigenvalue weighted by Gasteiger charge is -2.02. The molecule has 0 bridgehead atoms. The Morgan fingerprint density at radius 2 is 2.07 bits per heavy atom. The molecule has 1 aliphatic rings. The minimum absolute atomic E-state index is 0.145. The molecule has 1 amide bonds. The highest BCUT2D eigenvalue weighted by atomic mass is 79.9. The van der Waals surface area contributed by atoms with Gasteiger partial charge in [0, 0.05) is 6.07 Å². The Bertz CT molecular complexity index is 1040. The van der Waals surface area contributed by atoms with Gasteiger partial charge in [0.05, 0.1) is 30.0 Å². The Morgan fingerprint density at radius 3 is 2.78 bits per heavy atom. The average molecular weight is 489 g/mol. The van der Waals surface area contributed by atoms with Crippen LogP contribution in [0.25, 0.3) is 6.08 Å². The monoisotopic (exact) mass is 487 g/mol. The Kier molecular flexibility index (Phi) is 5.75. The number of carbonyl (C=O) groups excluding carboxylic acids is 1. The van der Waals surface area contributed by atoms with E-state index in [2.05, 4.69) is 26.2 Å². The van der Waals surface area contributed by atoms with Crippen molar-refractivity contribution in [2.24, 2.45) is 4.99 Å². The highest BCUT2D eigenvalue weighted by Crippen LogP contribution is 2.37. The number of nitro groups is 1. The summed E-state index contributed by atoms with van der Waals surface area (Å²) in [5.41, 5.74) is 0.293. The Balaban J connectivity index is 1.93. The molecule has 0 aliphatic carbocycles. The van der Waals surface area contributed by atoms with Gasteiger partial charge in [-0.15, -0.1) is 0 Å². The highest BCUT2D eigenvalue weighted by Gasteiger charge is 2.25. The van der Waals surface area contributed by atoms with E-state index in [9.17, 15) is 20.0 Å². The molecular weight excluding hydrogens is 481 g/mol. The average Bonchev–Trinajstić information content (AvgIpc) is 2.94. The molecule has 1 fully saturated rings. The molecule has 0 radical (unpaired) electrons. The molecule has 2 aromatic rings. The lowest BCUT2D eigenvalue weighted by Crippen LogP contribution is -2.19. The number of carbonyl (C=O) groups is 1. The maximum absolute atomic E-state index is 12.2. The summed E-state index contributed by atoms with van der Waals surface area (Å²) in [5.74, 6) is -0.896. The van der Waals surface area contributed by atoms with Crippen molar-refractivity contribution in [3.05, 3.63) is 65.4 Å². The second-order valence-electron chi connectivity index (χ2n) is 5.18. The first-order chi connectivity index (χ1) is 12.8. The van der Waals surface area contributed by atoms with Gasteiger partial charge in [-0.1, -0.05) is 29.3 Å². The molecule has 2 aromatic carbocycles. The van der Waals surface area contributed by atoms with Gasteiger partial charge in [0.2, 0.25) is 5.75 Å². The van der Waals surface area contributed by atoms with E-state index in [-0.39, 0.29) is 14.4 Å². The molecule has 2 N–H and O–H groups in total. The smallest absolute Gasteiger partial charge is 0.312 e. The van der Waals surface area contributed by atoms with Crippen LogP contribution in [0.5, 0.6) is 5.75 Å². The summed E-state index contributed by atoms with van der Waals surface area (Å²) in [7, 11) is 0. The fourth-order valence-corrected chi connectivity index (χ4v) is 3.79. The topological polar surface area (TPSA) is 105 Å². The number of phenolic OH excluding ortho intramolecular Hbond substituents is 1. The standard InChI is InChI=1S/C16H8BrCl2N3O4S/c17-8-4-7(5-11(14(8)23)22(25)26)6-12-15(24)21-16(27-12)20-10-3-1-2-9(18)13(10)19/h1-6,23H,(H,20,21,24)/b12-6-. The first-order valence-corrected chi connectivity index (χ1v) is 9.53. The molecular formula is C16H8BrCl2N3O4S. The molecule has 3 rings (SSSR count). The van der Waals surface area contributed by atoms with Crippen LogP contribution in [0.3, 0.4) is 0 Å². The highest BCUT2D eigenvalue weighted by molar-refractivity contribution is 9.10. The number of nitrogens with zero attached hydrogens (tertiary/aromatic N) is 2. The number of phenols is 1. The van der Waals surface area contributed by atoms with Crippen LogP contribution in [-0.4, -0.2) is 21.1 Å². The Hall–Kier alpha value is -2.07. The van der Waals surface area contributed by atoms with Crippen molar-refractivity contribution in [1.29, 1.82) is 0 Å². The number of rotatable bonds is 3. The van der Waals surface area contributed by atoms with Crippen molar-refractivity contribution >= 4 is 79.4 Å². The number of hydrogen-bond donors (Lipinski definition) is 2. The van der Waals surface area contributed by atoms with E-state index in [0.29, 0.717) is 21.4 Å². The second-order valence-corrected chi connectivity index (χ2v) is 7.85. The number of amidine groups is 1. The summed E-state index contributed by atoms with van der Waals surface area (Å²) in [4.78, 5) is 27.0. The van der Waals surface area contributed by atoms with Gasteiger partial charge in [-0.05, 0) is 57.5 Å². The van der Waals surface area contributed by atoms with Crippen LogP contribution in [0.1, 0.15) is 5.56 Å². The maximum Gasteiger partial charge on any atom is 0.312 e. The van der Waals surface area contributed by atoms with Gasteiger partial charge in [-0.2, -0.15) is 0 Å². The molecule has 1 saturated heterocycles. The van der Waals surface area contributed by atoms with Crippen molar-refractivity contribution in [1.82, 2.24) is 5.32 Å². The minimum atomic E-state index is -0.710. The summed E-state index contributed by atoms with van der Waals surface area (Å²) in [6.07, 6.45) is 1.46. The van der Waals surface area contributed by atoms with Crippen molar-refractivity contribution in [2.45, 2.75) is 0 Å². The number of nitro benzene ring substituents is 1. The van der Waals surface area contributed by atoms with Crippen LogP contribution in [0.4, 0.5) is 11.4 Å². The lowest BCUT2D eigenvalue weighted by atomic mass is 10.1. The van der Waals surface area contributed by atoms with Crippen molar-refractivity contribution < 1.29 is 14.8 Å². The van der Waals surface area contributed by atoms with Crippen LogP contribution in [0.2, 0.25) is 10.0 Å². The summed E-state index contributed by atoms with van der Waals surface area (Å²) < 4.78 is 0.145. The molecule has 7 nitrogen and oxygen atoms in total. The van der Waals surface area contributed by atoms with Gasteiger partial charge < -0.3 is 10.4 Å². The number of hydrogen-bond acceptors (Lipinski definition) is 6. The van der Waals surface area contributed by atoms with E-state index in [0.717, 1.165) is 11.8 Å². The maximum atomic E-state index is 12.2. The number of nitrogens with one attached hydrogen (secondary N) is 1. The van der Waals surface area contributed by atoms with Gasteiger partial charge in [0.1, 0.15) is 0 Å². The van der Waals surface area contributed by atoms with E-state index in [1.165, 1.54) is 18.2 Å². The Morgan fingerprint density at radius 1 is 1.33 bits per heavy atom. The van der Waals surface area contributed by atoms with Crippen molar-refractivity contribution in [2.75, 3.05) is 0 Å². The molecule has 0 spiro atoms.